The van der Waals surface area contributed by atoms with E-state index in [1.165, 1.54) is 45.7 Å². The number of ether oxygens (including phenoxy) is 5. The molecular formula is C33H31N3O8. The average Bonchev–Trinajstić information content (AvgIpc) is 3.05. The Hall–Kier alpha value is -5.84. The molecule has 0 aliphatic heterocycles. The highest BCUT2D eigenvalue weighted by atomic mass is 16.6. The van der Waals surface area contributed by atoms with Gasteiger partial charge in [0, 0.05) is 16.8 Å². The van der Waals surface area contributed by atoms with Crippen molar-refractivity contribution in [1.82, 2.24) is 5.43 Å². The molecule has 0 aliphatic carbocycles. The standard InChI is InChI=1S/C33H31N3O8/c1-5-43-27-16-21(14-15-26(27)44-33(39)22-10-7-6-8-11-22)20-34-36-32(38)23-12-9-13-25(17-23)35-31(37)24-18-28(40-2)30(42-4)29(19-24)41-3/h6-20H,5H2,1-4H3,(H,35,37)(H,36,38). The van der Waals surface area contributed by atoms with Gasteiger partial charge in [-0.25, -0.2) is 10.2 Å². The number of esters is 1. The van der Waals surface area contributed by atoms with Gasteiger partial charge in [0.2, 0.25) is 5.75 Å². The summed E-state index contributed by atoms with van der Waals surface area (Å²) < 4.78 is 27.1. The van der Waals surface area contributed by atoms with Crippen molar-refractivity contribution >= 4 is 29.7 Å². The van der Waals surface area contributed by atoms with Gasteiger partial charge in [0.05, 0.1) is 39.7 Å². The number of hydrogen-bond donors (Lipinski definition) is 2. The minimum atomic E-state index is -0.512. The van der Waals surface area contributed by atoms with Crippen LogP contribution in [0, 0.1) is 0 Å². The fourth-order valence-electron chi connectivity index (χ4n) is 4.07. The zero-order chi connectivity index (χ0) is 31.5. The Kier molecular flexibility index (Phi) is 10.5. The van der Waals surface area contributed by atoms with Crippen LogP contribution in [-0.4, -0.2) is 51.9 Å². The van der Waals surface area contributed by atoms with E-state index in [0.29, 0.717) is 46.4 Å². The van der Waals surface area contributed by atoms with Gasteiger partial charge in [-0.1, -0.05) is 24.3 Å². The van der Waals surface area contributed by atoms with E-state index in [1.807, 2.05) is 13.0 Å². The molecule has 0 atom stereocenters. The molecule has 0 radical (unpaired) electrons. The summed E-state index contributed by atoms with van der Waals surface area (Å²) in [5.41, 5.74) is 4.40. The number of carbonyl (C=O) groups excluding carboxylic acids is 3. The van der Waals surface area contributed by atoms with Crippen LogP contribution >= 0.6 is 0 Å². The largest absolute Gasteiger partial charge is 0.493 e. The van der Waals surface area contributed by atoms with Crippen LogP contribution in [0.5, 0.6) is 28.7 Å². The molecule has 44 heavy (non-hydrogen) atoms. The summed E-state index contributed by atoms with van der Waals surface area (Å²) in [5.74, 6) is 0.184. The third-order valence-corrected chi connectivity index (χ3v) is 6.17. The van der Waals surface area contributed by atoms with Gasteiger partial charge in [-0.2, -0.15) is 5.10 Å². The fraction of sp³-hybridized carbons (Fsp3) is 0.152. The Labute approximate surface area is 254 Å². The Balaban J connectivity index is 1.41. The van der Waals surface area contributed by atoms with Gasteiger partial charge in [0.1, 0.15) is 0 Å². The van der Waals surface area contributed by atoms with Crippen LogP contribution in [0.1, 0.15) is 43.6 Å². The molecule has 2 N–H and O–H groups in total. The molecule has 4 aromatic rings. The first-order chi connectivity index (χ1) is 21.4. The van der Waals surface area contributed by atoms with Crippen molar-refractivity contribution < 1.29 is 38.1 Å². The van der Waals surface area contributed by atoms with E-state index in [-0.39, 0.29) is 16.9 Å². The van der Waals surface area contributed by atoms with Gasteiger partial charge in [0.15, 0.2) is 23.0 Å². The molecule has 0 unspecified atom stereocenters. The average molecular weight is 598 g/mol. The van der Waals surface area contributed by atoms with E-state index in [1.54, 1.807) is 60.7 Å². The van der Waals surface area contributed by atoms with Crippen molar-refractivity contribution in [3.63, 3.8) is 0 Å². The van der Waals surface area contributed by atoms with Crippen LogP contribution in [0.15, 0.2) is 90.0 Å². The molecule has 0 saturated heterocycles. The number of amides is 2. The van der Waals surface area contributed by atoms with E-state index in [4.69, 9.17) is 23.7 Å². The predicted molar refractivity (Wildman–Crippen MR) is 165 cm³/mol. The van der Waals surface area contributed by atoms with Gasteiger partial charge < -0.3 is 29.0 Å². The van der Waals surface area contributed by atoms with Crippen LogP contribution < -0.4 is 34.4 Å². The normalized spacial score (nSPS) is 10.5. The Morgan fingerprint density at radius 3 is 2.07 bits per heavy atom. The van der Waals surface area contributed by atoms with Crippen molar-refractivity contribution in [2.24, 2.45) is 5.10 Å². The molecule has 0 saturated carbocycles. The molecule has 0 bridgehead atoms. The maximum absolute atomic E-state index is 13.0. The lowest BCUT2D eigenvalue weighted by Gasteiger charge is -2.14. The quantitative estimate of drug-likeness (QED) is 0.0967. The van der Waals surface area contributed by atoms with Gasteiger partial charge in [0.25, 0.3) is 11.8 Å². The zero-order valence-corrected chi connectivity index (χ0v) is 24.6. The van der Waals surface area contributed by atoms with Crippen molar-refractivity contribution in [1.29, 1.82) is 0 Å². The van der Waals surface area contributed by atoms with E-state index in [2.05, 4.69) is 15.8 Å². The Morgan fingerprint density at radius 1 is 0.705 bits per heavy atom. The van der Waals surface area contributed by atoms with Gasteiger partial charge >= 0.3 is 5.97 Å². The molecule has 0 aromatic heterocycles. The highest BCUT2D eigenvalue weighted by molar-refractivity contribution is 6.06. The molecule has 2 amide bonds. The van der Waals surface area contributed by atoms with Crippen LogP contribution in [0.25, 0.3) is 0 Å². The summed E-state index contributed by atoms with van der Waals surface area (Å²) in [6, 6.07) is 23.0. The molecule has 226 valence electrons. The van der Waals surface area contributed by atoms with Crippen LogP contribution in [0.4, 0.5) is 5.69 Å². The molecule has 0 heterocycles. The molecular weight excluding hydrogens is 566 g/mol. The van der Waals surface area contributed by atoms with E-state index < -0.39 is 17.8 Å². The summed E-state index contributed by atoms with van der Waals surface area (Å²) in [6.45, 7) is 2.16. The number of hydrogen-bond acceptors (Lipinski definition) is 9. The Morgan fingerprint density at radius 2 is 1.41 bits per heavy atom. The minimum Gasteiger partial charge on any atom is -0.493 e. The second kappa shape index (κ2) is 14.9. The SMILES string of the molecule is CCOc1cc(C=NNC(=O)c2cccc(NC(=O)c3cc(OC)c(OC)c(OC)c3)c2)ccc1OC(=O)c1ccccc1. The molecule has 0 spiro atoms. The Bertz CT molecular complexity index is 1650. The maximum atomic E-state index is 13.0. The van der Waals surface area contributed by atoms with E-state index in [9.17, 15) is 14.4 Å². The minimum absolute atomic E-state index is 0.257. The van der Waals surface area contributed by atoms with Crippen molar-refractivity contribution in [2.45, 2.75) is 6.92 Å². The topological polar surface area (TPSA) is 134 Å². The summed E-state index contributed by atoms with van der Waals surface area (Å²) in [5, 5.41) is 6.80. The molecule has 4 rings (SSSR count). The smallest absolute Gasteiger partial charge is 0.343 e. The second-order valence-corrected chi connectivity index (χ2v) is 9.04. The number of methoxy groups -OCH3 is 3. The third-order valence-electron chi connectivity index (χ3n) is 6.17. The van der Waals surface area contributed by atoms with Crippen molar-refractivity contribution in [3.8, 4) is 28.7 Å². The lowest BCUT2D eigenvalue weighted by atomic mass is 10.1. The van der Waals surface area contributed by atoms with Crippen molar-refractivity contribution in [3.05, 3.63) is 107 Å². The molecule has 11 heteroatoms. The first-order valence-corrected chi connectivity index (χ1v) is 13.5. The highest BCUT2D eigenvalue weighted by Gasteiger charge is 2.18. The molecule has 0 aliphatic rings. The number of hydrazone groups is 1. The number of nitrogens with one attached hydrogen (secondary N) is 2. The second-order valence-electron chi connectivity index (χ2n) is 9.04. The van der Waals surface area contributed by atoms with Gasteiger partial charge in [-0.15, -0.1) is 0 Å². The fourth-order valence-corrected chi connectivity index (χ4v) is 4.07. The lowest BCUT2D eigenvalue weighted by molar-refractivity contribution is 0.0728. The number of rotatable bonds is 12. The van der Waals surface area contributed by atoms with Crippen LogP contribution in [0.3, 0.4) is 0 Å². The van der Waals surface area contributed by atoms with E-state index in [0.717, 1.165) is 0 Å². The first kappa shape index (κ1) is 31.1. The predicted octanol–water partition coefficient (Wildman–Crippen LogP) is 5.35. The monoisotopic (exact) mass is 597 g/mol. The van der Waals surface area contributed by atoms with Gasteiger partial charge in [-0.05, 0) is 73.2 Å². The summed E-state index contributed by atoms with van der Waals surface area (Å²) in [4.78, 5) is 38.2. The van der Waals surface area contributed by atoms with E-state index >= 15 is 0 Å². The number of nitrogens with zero attached hydrogens (tertiary/aromatic N) is 1. The third kappa shape index (κ3) is 7.71. The number of carbonyl (C=O) groups is 3. The number of anilines is 1. The summed E-state index contributed by atoms with van der Waals surface area (Å²) >= 11 is 0. The first-order valence-electron chi connectivity index (χ1n) is 13.5. The summed E-state index contributed by atoms with van der Waals surface area (Å²) in [6.07, 6.45) is 1.43. The van der Waals surface area contributed by atoms with Crippen LogP contribution in [-0.2, 0) is 0 Å². The summed E-state index contributed by atoms with van der Waals surface area (Å²) in [7, 11) is 4.39. The zero-order valence-electron chi connectivity index (χ0n) is 24.6. The molecule has 4 aromatic carbocycles. The van der Waals surface area contributed by atoms with Crippen LogP contribution in [0.2, 0.25) is 0 Å². The maximum Gasteiger partial charge on any atom is 0.343 e. The molecule has 0 fully saturated rings. The lowest BCUT2D eigenvalue weighted by Crippen LogP contribution is -2.18. The highest BCUT2D eigenvalue weighted by Crippen LogP contribution is 2.38. The van der Waals surface area contributed by atoms with Gasteiger partial charge in [-0.3, -0.25) is 9.59 Å². The molecule has 11 nitrogen and oxygen atoms in total. The van der Waals surface area contributed by atoms with Crippen molar-refractivity contribution in [2.75, 3.05) is 33.3 Å². The number of benzene rings is 4.